The molecule has 0 saturated carbocycles. The molecule has 0 atom stereocenters. The summed E-state index contributed by atoms with van der Waals surface area (Å²) >= 11 is 0. The van der Waals surface area contributed by atoms with Crippen molar-refractivity contribution in [1.82, 2.24) is 9.97 Å². The molecule has 0 N–H and O–H groups in total. The van der Waals surface area contributed by atoms with Gasteiger partial charge < -0.3 is 4.74 Å². The van der Waals surface area contributed by atoms with Crippen molar-refractivity contribution in [3.05, 3.63) is 47.8 Å². The third-order valence-corrected chi connectivity index (χ3v) is 2.90. The molecule has 0 radical (unpaired) electrons. The number of hydrogen-bond donors (Lipinski definition) is 0. The lowest BCUT2D eigenvalue weighted by atomic mass is 10.1. The largest absolute Gasteiger partial charge is 0.462 e. The normalized spacial score (nSPS) is 10.3. The second kappa shape index (κ2) is 6.80. The van der Waals surface area contributed by atoms with E-state index in [9.17, 15) is 4.79 Å². The van der Waals surface area contributed by atoms with Gasteiger partial charge in [0.25, 0.3) is 0 Å². The van der Waals surface area contributed by atoms with E-state index in [1.807, 2.05) is 24.5 Å². The van der Waals surface area contributed by atoms with Crippen molar-refractivity contribution < 1.29 is 9.53 Å². The van der Waals surface area contributed by atoms with Crippen LogP contribution in [0.25, 0.3) is 11.4 Å². The third kappa shape index (κ3) is 3.41. The van der Waals surface area contributed by atoms with Gasteiger partial charge in [-0.05, 0) is 31.0 Å². The highest BCUT2D eigenvalue weighted by Crippen LogP contribution is 2.16. The van der Waals surface area contributed by atoms with Crippen molar-refractivity contribution >= 4 is 5.97 Å². The SMILES string of the molecule is CCCc1cnc(-c2ccc(C(=O)OCC)cc2)nc1. The van der Waals surface area contributed by atoms with Gasteiger partial charge in [-0.25, -0.2) is 14.8 Å². The minimum Gasteiger partial charge on any atom is -0.462 e. The number of carbonyl (C=O) groups excluding carboxylic acids is 1. The number of hydrogen-bond acceptors (Lipinski definition) is 4. The Morgan fingerprint density at radius 3 is 2.30 bits per heavy atom. The van der Waals surface area contributed by atoms with E-state index < -0.39 is 0 Å². The fourth-order valence-corrected chi connectivity index (χ4v) is 1.89. The second-order valence-corrected chi connectivity index (χ2v) is 4.46. The molecule has 20 heavy (non-hydrogen) atoms. The van der Waals surface area contributed by atoms with Crippen LogP contribution in [0.4, 0.5) is 0 Å². The minimum atomic E-state index is -0.307. The number of aromatic nitrogens is 2. The molecular formula is C16H18N2O2. The molecule has 0 amide bonds. The van der Waals surface area contributed by atoms with Crippen LogP contribution in [0.1, 0.15) is 36.2 Å². The summed E-state index contributed by atoms with van der Waals surface area (Å²) in [6.07, 6.45) is 5.77. The molecule has 2 rings (SSSR count). The molecule has 0 fully saturated rings. The highest BCUT2D eigenvalue weighted by molar-refractivity contribution is 5.89. The Morgan fingerprint density at radius 1 is 1.10 bits per heavy atom. The first-order valence-electron chi connectivity index (χ1n) is 6.83. The second-order valence-electron chi connectivity index (χ2n) is 4.46. The Hall–Kier alpha value is -2.23. The van der Waals surface area contributed by atoms with Crippen molar-refractivity contribution in [3.8, 4) is 11.4 Å². The molecule has 0 unspecified atom stereocenters. The van der Waals surface area contributed by atoms with E-state index in [1.165, 1.54) is 0 Å². The molecule has 0 saturated heterocycles. The summed E-state index contributed by atoms with van der Waals surface area (Å²) in [5.74, 6) is 0.360. The maximum absolute atomic E-state index is 11.6. The molecule has 4 heteroatoms. The Kier molecular flexibility index (Phi) is 4.82. The Labute approximate surface area is 118 Å². The molecule has 2 aromatic rings. The first-order chi connectivity index (χ1) is 9.74. The first kappa shape index (κ1) is 14.2. The molecule has 0 aliphatic carbocycles. The molecular weight excluding hydrogens is 252 g/mol. The number of benzene rings is 1. The third-order valence-electron chi connectivity index (χ3n) is 2.90. The molecule has 1 aromatic carbocycles. The van der Waals surface area contributed by atoms with Crippen molar-refractivity contribution in [3.63, 3.8) is 0 Å². The highest BCUT2D eigenvalue weighted by atomic mass is 16.5. The van der Waals surface area contributed by atoms with E-state index in [-0.39, 0.29) is 5.97 Å². The average molecular weight is 270 g/mol. The van der Waals surface area contributed by atoms with Crippen LogP contribution in [-0.4, -0.2) is 22.5 Å². The number of rotatable bonds is 5. The molecule has 4 nitrogen and oxygen atoms in total. The number of ether oxygens (including phenoxy) is 1. The van der Waals surface area contributed by atoms with Crippen LogP contribution in [0.5, 0.6) is 0 Å². The molecule has 0 aliphatic heterocycles. The molecule has 0 aliphatic rings. The van der Waals surface area contributed by atoms with Gasteiger partial charge in [-0.3, -0.25) is 0 Å². The van der Waals surface area contributed by atoms with E-state index in [0.29, 0.717) is 18.0 Å². The lowest BCUT2D eigenvalue weighted by Crippen LogP contribution is -2.04. The van der Waals surface area contributed by atoms with Crippen LogP contribution in [0, 0.1) is 0 Å². The predicted molar refractivity (Wildman–Crippen MR) is 77.4 cm³/mol. The van der Waals surface area contributed by atoms with Crippen LogP contribution in [0.15, 0.2) is 36.7 Å². The van der Waals surface area contributed by atoms with Gasteiger partial charge in [0.15, 0.2) is 5.82 Å². The number of esters is 1. The van der Waals surface area contributed by atoms with E-state index in [1.54, 1.807) is 19.1 Å². The fraction of sp³-hybridized carbons (Fsp3) is 0.312. The summed E-state index contributed by atoms with van der Waals surface area (Å²) in [5.41, 5.74) is 2.57. The zero-order valence-electron chi connectivity index (χ0n) is 11.8. The van der Waals surface area contributed by atoms with Gasteiger partial charge in [0, 0.05) is 18.0 Å². The lowest BCUT2D eigenvalue weighted by molar-refractivity contribution is 0.0526. The Balaban J connectivity index is 2.15. The van der Waals surface area contributed by atoms with E-state index in [2.05, 4.69) is 16.9 Å². The Bertz CT molecular complexity index is 562. The first-order valence-corrected chi connectivity index (χ1v) is 6.83. The number of aryl methyl sites for hydroxylation is 1. The summed E-state index contributed by atoms with van der Waals surface area (Å²) in [7, 11) is 0. The van der Waals surface area contributed by atoms with Crippen molar-refractivity contribution in [2.45, 2.75) is 26.7 Å². The van der Waals surface area contributed by atoms with E-state index in [0.717, 1.165) is 24.0 Å². The van der Waals surface area contributed by atoms with Gasteiger partial charge in [-0.2, -0.15) is 0 Å². The number of nitrogens with zero attached hydrogens (tertiary/aromatic N) is 2. The van der Waals surface area contributed by atoms with Crippen LogP contribution < -0.4 is 0 Å². The quantitative estimate of drug-likeness (QED) is 0.782. The minimum absolute atomic E-state index is 0.307. The predicted octanol–water partition coefficient (Wildman–Crippen LogP) is 3.27. The smallest absolute Gasteiger partial charge is 0.338 e. The van der Waals surface area contributed by atoms with Gasteiger partial charge in [-0.15, -0.1) is 0 Å². The van der Waals surface area contributed by atoms with Gasteiger partial charge in [0.2, 0.25) is 0 Å². The summed E-state index contributed by atoms with van der Waals surface area (Å²) in [4.78, 5) is 20.3. The molecule has 104 valence electrons. The van der Waals surface area contributed by atoms with Gasteiger partial charge in [0.05, 0.1) is 12.2 Å². The van der Waals surface area contributed by atoms with Gasteiger partial charge in [0.1, 0.15) is 0 Å². The fourth-order valence-electron chi connectivity index (χ4n) is 1.89. The van der Waals surface area contributed by atoms with E-state index >= 15 is 0 Å². The molecule has 1 heterocycles. The topological polar surface area (TPSA) is 52.1 Å². The maximum atomic E-state index is 11.6. The zero-order chi connectivity index (χ0) is 14.4. The van der Waals surface area contributed by atoms with Crippen LogP contribution in [-0.2, 0) is 11.2 Å². The van der Waals surface area contributed by atoms with Crippen molar-refractivity contribution in [1.29, 1.82) is 0 Å². The maximum Gasteiger partial charge on any atom is 0.338 e. The summed E-state index contributed by atoms with van der Waals surface area (Å²) in [6.45, 7) is 4.29. The molecule has 1 aromatic heterocycles. The van der Waals surface area contributed by atoms with Gasteiger partial charge in [-0.1, -0.05) is 25.5 Å². The Morgan fingerprint density at radius 2 is 1.75 bits per heavy atom. The molecule has 0 bridgehead atoms. The lowest BCUT2D eigenvalue weighted by Gasteiger charge is -2.04. The average Bonchev–Trinajstić information content (AvgIpc) is 2.49. The zero-order valence-corrected chi connectivity index (χ0v) is 11.8. The summed E-state index contributed by atoms with van der Waals surface area (Å²) in [5, 5.41) is 0. The van der Waals surface area contributed by atoms with Crippen molar-refractivity contribution in [2.75, 3.05) is 6.61 Å². The standard InChI is InChI=1S/C16H18N2O2/c1-3-5-12-10-17-15(18-11-12)13-6-8-14(9-7-13)16(19)20-4-2/h6-11H,3-5H2,1-2H3. The van der Waals surface area contributed by atoms with Crippen LogP contribution in [0.3, 0.4) is 0 Å². The number of carbonyl (C=O) groups is 1. The van der Waals surface area contributed by atoms with Crippen LogP contribution >= 0.6 is 0 Å². The van der Waals surface area contributed by atoms with Crippen molar-refractivity contribution in [2.24, 2.45) is 0 Å². The highest BCUT2D eigenvalue weighted by Gasteiger charge is 2.07. The summed E-state index contributed by atoms with van der Waals surface area (Å²) < 4.78 is 4.95. The van der Waals surface area contributed by atoms with Gasteiger partial charge >= 0.3 is 5.97 Å². The van der Waals surface area contributed by atoms with E-state index in [4.69, 9.17) is 4.74 Å². The molecule has 0 spiro atoms. The van der Waals surface area contributed by atoms with Crippen LogP contribution in [0.2, 0.25) is 0 Å². The monoisotopic (exact) mass is 270 g/mol. The summed E-state index contributed by atoms with van der Waals surface area (Å²) in [6, 6.07) is 7.13.